The smallest absolute Gasteiger partial charge is 0.325 e. The minimum Gasteiger partial charge on any atom is -0.387 e. The van der Waals surface area contributed by atoms with Crippen molar-refractivity contribution in [3.8, 4) is 0 Å². The Hall–Kier alpha value is -2.92. The topological polar surface area (TPSA) is 281 Å². The van der Waals surface area contributed by atoms with Crippen molar-refractivity contribution in [1.29, 1.82) is 0 Å². The van der Waals surface area contributed by atoms with Crippen LogP contribution in [0.3, 0.4) is 0 Å². The average Bonchev–Trinajstić information content (AvgIpc) is 3.80. The van der Waals surface area contributed by atoms with Gasteiger partial charge in [0.15, 0.2) is 35.1 Å². The Kier molecular flexibility index (Phi) is 6.97. The van der Waals surface area contributed by atoms with Crippen LogP contribution >= 0.6 is 14.2 Å². The molecule has 0 saturated carbocycles. The van der Waals surface area contributed by atoms with Crippen molar-refractivity contribution in [2.24, 2.45) is 0 Å². The van der Waals surface area contributed by atoms with E-state index in [0.717, 1.165) is 0 Å². The summed E-state index contributed by atoms with van der Waals surface area (Å²) in [4.78, 5) is 46.5. The quantitative estimate of drug-likeness (QED) is 0.116. The monoisotopic (exact) mass is 696 g/mol. The van der Waals surface area contributed by atoms with Gasteiger partial charge in [-0.2, -0.15) is 4.98 Å². The summed E-state index contributed by atoms with van der Waals surface area (Å²) in [5, 5.41) is 11.2. The minimum absolute atomic E-state index is 0.0185. The lowest BCUT2D eigenvalue weighted by molar-refractivity contribution is -0.183. The van der Waals surface area contributed by atoms with Crippen molar-refractivity contribution in [3.05, 3.63) is 29.3 Å². The van der Waals surface area contributed by atoms with Crippen LogP contribution in [0.1, 0.15) is 12.5 Å². The maximum Gasteiger partial charge on any atom is 0.325 e. The van der Waals surface area contributed by atoms with Crippen LogP contribution in [0, 0.1) is 0 Å². The number of aromatic amines is 1. The summed E-state index contributed by atoms with van der Waals surface area (Å²) in [6.07, 6.45) is -4.77. The van der Waals surface area contributed by atoms with Gasteiger partial charge in [0.1, 0.15) is 48.0 Å². The molecule has 0 amide bonds. The van der Waals surface area contributed by atoms with Crippen molar-refractivity contribution in [2.45, 2.75) is 48.6 Å². The lowest BCUT2D eigenvalue weighted by Crippen LogP contribution is -2.45. The third-order valence-corrected chi connectivity index (χ3v) is 10.6. The number of nitrogens with zero attached hydrogens (tertiary/aromatic N) is 7. The SMILES string of the molecule is [B][P@@]1(=O)OCC2OC(n3cnc4c(=O)[nH]c(N)nc43)C(OP(O)(=S)OCC34COC(C(n5cnc6c(N)ncnc65)O3)C4O1)C2O. The fourth-order valence-electron chi connectivity index (χ4n) is 6.00. The predicted octanol–water partition coefficient (Wildman–Crippen LogP) is -1.64. The van der Waals surface area contributed by atoms with Crippen molar-refractivity contribution in [1.82, 2.24) is 39.0 Å². The van der Waals surface area contributed by atoms with Gasteiger partial charge in [-0.15, -0.1) is 0 Å². The van der Waals surface area contributed by atoms with Gasteiger partial charge in [0.2, 0.25) is 13.5 Å². The third kappa shape index (κ3) is 4.82. The molecule has 9 unspecified atom stereocenters. The number of nitrogen functional groups attached to an aromatic ring is 2. The molecule has 4 aliphatic heterocycles. The second-order valence-electron chi connectivity index (χ2n) is 10.9. The fraction of sp³-hybridized carbons (Fsp3) is 0.524. The highest BCUT2D eigenvalue weighted by molar-refractivity contribution is 8.07. The molecular weight excluding hydrogens is 673 g/mol. The molecule has 4 saturated heterocycles. The highest BCUT2D eigenvalue weighted by Gasteiger charge is 2.65. The largest absolute Gasteiger partial charge is 0.387 e. The van der Waals surface area contributed by atoms with Crippen LogP contribution in [0.25, 0.3) is 22.3 Å². The summed E-state index contributed by atoms with van der Waals surface area (Å²) in [6, 6.07) is 0. The van der Waals surface area contributed by atoms with Crippen LogP contribution in [0.4, 0.5) is 11.8 Å². The number of aliphatic hydroxyl groups excluding tert-OH is 1. The van der Waals surface area contributed by atoms with E-state index in [-0.39, 0.29) is 29.5 Å². The van der Waals surface area contributed by atoms with E-state index in [1.165, 1.54) is 28.1 Å². The number of fused-ring (bicyclic) bond motifs is 4. The molecule has 2 radical (unpaired) electrons. The fourth-order valence-corrected chi connectivity index (χ4v) is 8.48. The summed E-state index contributed by atoms with van der Waals surface area (Å²) in [5.41, 5.74) is 10.0. The molecule has 4 fully saturated rings. The van der Waals surface area contributed by atoms with E-state index >= 15 is 0 Å². The van der Waals surface area contributed by atoms with Crippen molar-refractivity contribution in [3.63, 3.8) is 0 Å². The van der Waals surface area contributed by atoms with Gasteiger partial charge in [-0.05, 0) is 11.8 Å². The second-order valence-corrected chi connectivity index (χ2v) is 15.3. The van der Waals surface area contributed by atoms with E-state index < -0.39 is 81.5 Å². The van der Waals surface area contributed by atoms with Crippen molar-refractivity contribution >= 4 is 67.7 Å². The molecule has 8 heterocycles. The number of aromatic nitrogens is 8. The van der Waals surface area contributed by atoms with Crippen LogP contribution in [-0.4, -0.2) is 113 Å². The van der Waals surface area contributed by atoms with Gasteiger partial charge in [0.05, 0.1) is 32.5 Å². The maximum absolute atomic E-state index is 13.5. The number of H-pyrrole nitrogens is 1. The van der Waals surface area contributed by atoms with Crippen molar-refractivity contribution < 1.29 is 46.9 Å². The summed E-state index contributed by atoms with van der Waals surface area (Å²) in [6.45, 7) is -5.46. The van der Waals surface area contributed by atoms with Crippen LogP contribution in [-0.2, 0) is 48.7 Å². The van der Waals surface area contributed by atoms with Crippen LogP contribution in [0.2, 0.25) is 0 Å². The van der Waals surface area contributed by atoms with Gasteiger partial charge >= 0.3 is 6.72 Å². The molecule has 8 rings (SSSR count). The molecule has 7 N–H and O–H groups in total. The molecule has 242 valence electrons. The third-order valence-electron chi connectivity index (χ3n) is 8.08. The summed E-state index contributed by atoms with van der Waals surface area (Å²) in [7, 11) is 1.60. The molecule has 21 nitrogen and oxygen atoms in total. The summed E-state index contributed by atoms with van der Waals surface area (Å²) >= 11 is 5.34. The Bertz CT molecular complexity index is 2030. The van der Waals surface area contributed by atoms with Crippen LogP contribution in [0.15, 0.2) is 23.8 Å². The molecule has 0 spiro atoms. The van der Waals surface area contributed by atoms with E-state index in [9.17, 15) is 19.4 Å². The molecule has 4 aliphatic rings. The first-order valence-electron chi connectivity index (χ1n) is 13.5. The van der Waals surface area contributed by atoms with Gasteiger partial charge < -0.3 is 49.2 Å². The van der Waals surface area contributed by atoms with E-state index in [2.05, 4.69) is 29.9 Å². The molecular formula is C21H23BN10O11P2S. The Morgan fingerprint density at radius 3 is 2.61 bits per heavy atom. The molecule has 0 aliphatic carbocycles. The molecule has 4 bridgehead atoms. The number of aliphatic hydroxyl groups is 1. The number of nitrogens with two attached hydrogens (primary N) is 2. The van der Waals surface area contributed by atoms with E-state index in [0.29, 0.717) is 11.2 Å². The standard InChI is InChI=1S/C21H23BN10O11P2S/c22-44(35)38-1-7-10(33)11(18(40-7)32-6-28-9-16(32)29-20(24)30-17(9)34)42-45(36,46)39-3-21-2-37-12(13(21)43-44)19(41-21)31-5-27-8-14(23)25-4-26-15(8)31/h4-7,10-13,18-19,33H,1-3H2,(H,36,46)(H2,23,25,26)(H3,24,29,30,34)/t7?,10?,11?,12?,13?,18?,19?,21?,44-,45?/m1/s1. The zero-order valence-electron chi connectivity index (χ0n) is 23.1. The second kappa shape index (κ2) is 10.5. The molecule has 25 heteroatoms. The number of imidazole rings is 2. The molecule has 10 atom stereocenters. The number of nitrogens with one attached hydrogen (secondary N) is 1. The number of ether oxygens (including phenoxy) is 3. The lowest BCUT2D eigenvalue weighted by Gasteiger charge is -2.33. The predicted molar refractivity (Wildman–Crippen MR) is 156 cm³/mol. The first-order valence-corrected chi connectivity index (χ1v) is 17.7. The van der Waals surface area contributed by atoms with Gasteiger partial charge in [-0.3, -0.25) is 28.0 Å². The highest BCUT2D eigenvalue weighted by Crippen LogP contribution is 2.58. The average molecular weight is 696 g/mol. The van der Waals surface area contributed by atoms with E-state index in [1.807, 2.05) is 0 Å². The van der Waals surface area contributed by atoms with Gasteiger partial charge in [-0.1, -0.05) is 0 Å². The van der Waals surface area contributed by atoms with Gasteiger partial charge in [0.25, 0.3) is 13.0 Å². The first kappa shape index (κ1) is 30.4. The van der Waals surface area contributed by atoms with Crippen molar-refractivity contribution in [2.75, 3.05) is 31.3 Å². The normalized spacial score (nSPS) is 39.7. The number of anilines is 2. The van der Waals surface area contributed by atoms with E-state index in [1.54, 1.807) is 0 Å². The molecule has 0 aromatic carbocycles. The maximum atomic E-state index is 13.5. The molecule has 46 heavy (non-hydrogen) atoms. The highest BCUT2D eigenvalue weighted by atomic mass is 32.5. The lowest BCUT2D eigenvalue weighted by atomic mass is 10.0. The zero-order valence-corrected chi connectivity index (χ0v) is 25.7. The Balaban J connectivity index is 1.14. The zero-order chi connectivity index (χ0) is 32.2. The molecule has 4 aromatic rings. The van der Waals surface area contributed by atoms with Crippen LogP contribution in [0.5, 0.6) is 0 Å². The first-order chi connectivity index (χ1) is 21.8. The molecule has 4 aromatic heterocycles. The summed E-state index contributed by atoms with van der Waals surface area (Å²) < 4.78 is 57.6. The number of hydrogen-bond donors (Lipinski definition) is 5. The number of hydrogen-bond acceptors (Lipinski definition) is 18. The van der Waals surface area contributed by atoms with E-state index in [4.69, 9.17) is 63.1 Å². The number of rotatable bonds is 2. The van der Waals surface area contributed by atoms with Gasteiger partial charge in [-0.25, -0.2) is 19.9 Å². The Morgan fingerprint density at radius 1 is 1.04 bits per heavy atom. The summed E-state index contributed by atoms with van der Waals surface area (Å²) in [5.74, 6) is -0.0762. The van der Waals surface area contributed by atoms with Gasteiger partial charge in [0, 0.05) is 0 Å². The Labute approximate surface area is 262 Å². The van der Waals surface area contributed by atoms with Crippen LogP contribution < -0.4 is 17.0 Å². The minimum atomic E-state index is -4.44. The Morgan fingerprint density at radius 2 is 1.80 bits per heavy atom.